The van der Waals surface area contributed by atoms with E-state index >= 15 is 0 Å². The van der Waals surface area contributed by atoms with Crippen molar-refractivity contribution in [1.82, 2.24) is 0 Å². The van der Waals surface area contributed by atoms with Crippen LogP contribution in [0, 0.1) is 11.2 Å². The normalized spacial score (nSPS) is 12.5. The molecule has 0 aliphatic carbocycles. The molecule has 0 atom stereocenters. The van der Waals surface area contributed by atoms with E-state index < -0.39 is 15.8 Å². The first kappa shape index (κ1) is 14.9. The van der Waals surface area contributed by atoms with E-state index in [-0.39, 0.29) is 23.3 Å². The molecule has 0 spiro atoms. The van der Waals surface area contributed by atoms with Gasteiger partial charge in [0.25, 0.3) is 0 Å². The average molecular weight is 274 g/mol. The van der Waals surface area contributed by atoms with Crippen molar-refractivity contribution >= 4 is 15.7 Å². The highest BCUT2D eigenvalue weighted by Crippen LogP contribution is 2.20. The Balaban J connectivity index is 2.91. The molecule has 0 aromatic heterocycles. The molecule has 0 saturated heterocycles. The van der Waals surface area contributed by atoms with Crippen LogP contribution in [0.25, 0.3) is 0 Å². The van der Waals surface area contributed by atoms with E-state index in [4.69, 9.17) is 5.73 Å². The Morgan fingerprint density at radius 1 is 1.33 bits per heavy atom. The first-order valence-corrected chi connectivity index (χ1v) is 7.27. The summed E-state index contributed by atoms with van der Waals surface area (Å²) < 4.78 is 39.4. The Bertz CT molecular complexity index is 521. The van der Waals surface area contributed by atoms with Gasteiger partial charge in [0, 0.05) is 17.8 Å². The number of benzene rings is 1. The van der Waals surface area contributed by atoms with Gasteiger partial charge in [-0.3, -0.25) is 4.72 Å². The SMILES string of the molecule is CC(C)(C)CS(=O)(=O)Nc1ccc(F)c(CN)c1. The number of hydrogen-bond acceptors (Lipinski definition) is 3. The number of halogens is 1. The van der Waals surface area contributed by atoms with E-state index in [2.05, 4.69) is 4.72 Å². The van der Waals surface area contributed by atoms with Crippen LogP contribution in [0.5, 0.6) is 0 Å². The van der Waals surface area contributed by atoms with Crippen molar-refractivity contribution in [3.63, 3.8) is 0 Å². The van der Waals surface area contributed by atoms with E-state index in [1.165, 1.54) is 18.2 Å². The fraction of sp³-hybridized carbons (Fsp3) is 0.500. The highest BCUT2D eigenvalue weighted by Gasteiger charge is 2.21. The van der Waals surface area contributed by atoms with Gasteiger partial charge >= 0.3 is 0 Å². The molecule has 0 heterocycles. The molecule has 102 valence electrons. The first-order valence-electron chi connectivity index (χ1n) is 5.62. The summed E-state index contributed by atoms with van der Waals surface area (Å²) in [7, 11) is -3.44. The third-order valence-electron chi connectivity index (χ3n) is 2.16. The summed E-state index contributed by atoms with van der Waals surface area (Å²) >= 11 is 0. The van der Waals surface area contributed by atoms with Crippen LogP contribution in [-0.4, -0.2) is 14.2 Å². The largest absolute Gasteiger partial charge is 0.326 e. The summed E-state index contributed by atoms with van der Waals surface area (Å²) in [6.07, 6.45) is 0. The first-order chi connectivity index (χ1) is 8.13. The maximum absolute atomic E-state index is 13.2. The second-order valence-electron chi connectivity index (χ2n) is 5.43. The van der Waals surface area contributed by atoms with Crippen molar-refractivity contribution in [3.8, 4) is 0 Å². The van der Waals surface area contributed by atoms with E-state index in [9.17, 15) is 12.8 Å². The van der Waals surface area contributed by atoms with E-state index in [1.807, 2.05) is 20.8 Å². The Morgan fingerprint density at radius 3 is 2.44 bits per heavy atom. The zero-order chi connectivity index (χ0) is 14.0. The molecule has 3 N–H and O–H groups in total. The molecular weight excluding hydrogens is 255 g/mol. The molecule has 0 aliphatic heterocycles. The van der Waals surface area contributed by atoms with Crippen LogP contribution in [0.15, 0.2) is 18.2 Å². The zero-order valence-electron chi connectivity index (χ0n) is 10.8. The number of rotatable bonds is 4. The minimum absolute atomic E-state index is 0.00463. The Kier molecular flexibility index (Phi) is 4.34. The molecule has 6 heteroatoms. The van der Waals surface area contributed by atoms with Gasteiger partial charge in [0.15, 0.2) is 0 Å². The Hall–Kier alpha value is -1.14. The van der Waals surface area contributed by atoms with Crippen molar-refractivity contribution in [3.05, 3.63) is 29.6 Å². The summed E-state index contributed by atoms with van der Waals surface area (Å²) in [5.74, 6) is -0.439. The van der Waals surface area contributed by atoms with Gasteiger partial charge in [-0.1, -0.05) is 20.8 Å². The number of nitrogens with one attached hydrogen (secondary N) is 1. The monoisotopic (exact) mass is 274 g/mol. The molecule has 0 unspecified atom stereocenters. The van der Waals surface area contributed by atoms with Gasteiger partial charge < -0.3 is 5.73 Å². The van der Waals surface area contributed by atoms with Gasteiger partial charge in [0.1, 0.15) is 5.82 Å². The van der Waals surface area contributed by atoms with Gasteiger partial charge in [0.2, 0.25) is 10.0 Å². The predicted molar refractivity (Wildman–Crippen MR) is 71.2 cm³/mol. The molecule has 1 aromatic rings. The molecule has 0 radical (unpaired) electrons. The zero-order valence-corrected chi connectivity index (χ0v) is 11.6. The van der Waals surface area contributed by atoms with E-state index in [1.54, 1.807) is 0 Å². The van der Waals surface area contributed by atoms with Crippen LogP contribution in [-0.2, 0) is 16.6 Å². The van der Waals surface area contributed by atoms with Crippen LogP contribution in [0.4, 0.5) is 10.1 Å². The predicted octanol–water partition coefficient (Wildman–Crippen LogP) is 2.07. The third-order valence-corrected chi connectivity index (χ3v) is 3.95. The smallest absolute Gasteiger partial charge is 0.233 e. The fourth-order valence-electron chi connectivity index (χ4n) is 1.58. The maximum Gasteiger partial charge on any atom is 0.233 e. The lowest BCUT2D eigenvalue weighted by Crippen LogP contribution is -2.26. The molecule has 1 rings (SSSR count). The van der Waals surface area contributed by atoms with Gasteiger partial charge in [-0.15, -0.1) is 0 Å². The van der Waals surface area contributed by atoms with E-state index in [0.717, 1.165) is 0 Å². The standard InChI is InChI=1S/C12H19FN2O2S/c1-12(2,3)8-18(16,17)15-10-4-5-11(13)9(6-10)7-14/h4-6,15H,7-8,14H2,1-3H3. The van der Waals surface area contributed by atoms with Crippen molar-refractivity contribution < 1.29 is 12.8 Å². The van der Waals surface area contributed by atoms with Crippen molar-refractivity contribution in [2.75, 3.05) is 10.5 Å². The summed E-state index contributed by atoms with van der Waals surface area (Å²) in [4.78, 5) is 0. The summed E-state index contributed by atoms with van der Waals surface area (Å²) in [6, 6.07) is 4.00. The van der Waals surface area contributed by atoms with Crippen LogP contribution in [0.1, 0.15) is 26.3 Å². The molecule has 0 saturated carbocycles. The molecule has 0 fully saturated rings. The minimum Gasteiger partial charge on any atom is -0.326 e. The second-order valence-corrected chi connectivity index (χ2v) is 7.15. The van der Waals surface area contributed by atoms with Crippen LogP contribution >= 0.6 is 0 Å². The third kappa shape index (κ3) is 4.62. The number of anilines is 1. The lowest BCUT2D eigenvalue weighted by Gasteiger charge is -2.19. The van der Waals surface area contributed by atoms with Crippen LogP contribution < -0.4 is 10.5 Å². The summed E-state index contributed by atoms with van der Waals surface area (Å²) in [6.45, 7) is 5.54. The maximum atomic E-state index is 13.2. The van der Waals surface area contributed by atoms with Gasteiger partial charge in [-0.05, 0) is 23.6 Å². The van der Waals surface area contributed by atoms with Crippen LogP contribution in [0.3, 0.4) is 0 Å². The van der Waals surface area contributed by atoms with Crippen LogP contribution in [0.2, 0.25) is 0 Å². The van der Waals surface area contributed by atoms with E-state index in [0.29, 0.717) is 5.69 Å². The summed E-state index contributed by atoms with van der Waals surface area (Å²) in [5, 5.41) is 0. The molecule has 0 aliphatic rings. The summed E-state index contributed by atoms with van der Waals surface area (Å²) in [5.41, 5.74) is 5.64. The number of nitrogens with two attached hydrogens (primary N) is 1. The fourth-order valence-corrected chi connectivity index (χ4v) is 3.28. The molecule has 0 amide bonds. The van der Waals surface area contributed by atoms with Gasteiger partial charge in [-0.25, -0.2) is 12.8 Å². The number of hydrogen-bond donors (Lipinski definition) is 2. The minimum atomic E-state index is -3.44. The highest BCUT2D eigenvalue weighted by atomic mass is 32.2. The highest BCUT2D eigenvalue weighted by molar-refractivity contribution is 7.92. The van der Waals surface area contributed by atoms with Gasteiger partial charge in [-0.2, -0.15) is 0 Å². The number of sulfonamides is 1. The molecule has 0 bridgehead atoms. The lowest BCUT2D eigenvalue weighted by atomic mass is 10.0. The topological polar surface area (TPSA) is 72.2 Å². The Labute approximate surface area is 107 Å². The Morgan fingerprint density at radius 2 is 1.94 bits per heavy atom. The van der Waals surface area contributed by atoms with Crippen molar-refractivity contribution in [2.45, 2.75) is 27.3 Å². The van der Waals surface area contributed by atoms with Crippen molar-refractivity contribution in [1.29, 1.82) is 0 Å². The average Bonchev–Trinajstić information content (AvgIpc) is 2.16. The van der Waals surface area contributed by atoms with Crippen molar-refractivity contribution in [2.24, 2.45) is 11.1 Å². The quantitative estimate of drug-likeness (QED) is 0.883. The molecule has 18 heavy (non-hydrogen) atoms. The molecular formula is C12H19FN2O2S. The molecule has 4 nitrogen and oxygen atoms in total. The molecule has 1 aromatic carbocycles. The van der Waals surface area contributed by atoms with Gasteiger partial charge in [0.05, 0.1) is 5.75 Å². The lowest BCUT2D eigenvalue weighted by molar-refractivity contribution is 0.463. The second kappa shape index (κ2) is 5.24.